The van der Waals surface area contributed by atoms with Gasteiger partial charge < -0.3 is 9.64 Å². The highest BCUT2D eigenvalue weighted by Gasteiger charge is 2.22. The van der Waals surface area contributed by atoms with Crippen LogP contribution in [0.25, 0.3) is 0 Å². The molecule has 0 unspecified atom stereocenters. The first-order chi connectivity index (χ1) is 11.6. The average Bonchev–Trinajstić information content (AvgIpc) is 2.58. The van der Waals surface area contributed by atoms with E-state index in [9.17, 15) is 14.0 Å². The molecule has 3 rings (SSSR count). The lowest BCUT2D eigenvalue weighted by Gasteiger charge is -2.26. The third-order valence-electron chi connectivity index (χ3n) is 4.06. The van der Waals surface area contributed by atoms with Gasteiger partial charge in [-0.3, -0.25) is 14.2 Å². The van der Waals surface area contributed by atoms with Gasteiger partial charge in [0.25, 0.3) is 5.56 Å². The predicted octanol–water partition coefficient (Wildman–Crippen LogP) is 1.37. The number of halogens is 1. The van der Waals surface area contributed by atoms with E-state index >= 15 is 0 Å². The molecule has 0 saturated heterocycles. The summed E-state index contributed by atoms with van der Waals surface area (Å²) in [6, 6.07) is 6.14. The second-order valence-electron chi connectivity index (χ2n) is 5.64. The summed E-state index contributed by atoms with van der Waals surface area (Å²) in [5.74, 6) is -0.295. The molecule has 0 atom stereocenters. The minimum atomic E-state index is -0.433. The van der Waals surface area contributed by atoms with Crippen LogP contribution in [0.4, 0.5) is 4.39 Å². The molecule has 2 aromatic rings. The fraction of sp³-hybridized carbons (Fsp3) is 0.353. The van der Waals surface area contributed by atoms with Crippen molar-refractivity contribution in [1.29, 1.82) is 0 Å². The van der Waals surface area contributed by atoms with Gasteiger partial charge in [0.15, 0.2) is 11.6 Å². The number of hydrogen-bond donors (Lipinski definition) is 0. The first-order valence-corrected chi connectivity index (χ1v) is 7.76. The standard InChI is InChI=1S/C17H18FN3O3/c1-12(22)20-7-6-13-15(10-20)19-11-21(17(13)23)8-9-24-16-5-3-2-4-14(16)18/h2-5,11H,6-10H2,1H3. The van der Waals surface area contributed by atoms with Crippen molar-refractivity contribution in [3.63, 3.8) is 0 Å². The number of nitrogens with zero attached hydrogens (tertiary/aromatic N) is 3. The van der Waals surface area contributed by atoms with Crippen molar-refractivity contribution in [2.75, 3.05) is 13.2 Å². The lowest BCUT2D eigenvalue weighted by atomic mass is 10.1. The van der Waals surface area contributed by atoms with E-state index in [4.69, 9.17) is 4.74 Å². The average molecular weight is 331 g/mol. The van der Waals surface area contributed by atoms with Crippen molar-refractivity contribution in [3.8, 4) is 5.75 Å². The molecular formula is C17H18FN3O3. The number of aromatic nitrogens is 2. The van der Waals surface area contributed by atoms with Crippen molar-refractivity contribution in [3.05, 3.63) is 58.0 Å². The molecule has 0 spiro atoms. The predicted molar refractivity (Wildman–Crippen MR) is 85.2 cm³/mol. The molecule has 24 heavy (non-hydrogen) atoms. The van der Waals surface area contributed by atoms with E-state index < -0.39 is 5.82 Å². The summed E-state index contributed by atoms with van der Waals surface area (Å²) in [7, 11) is 0. The van der Waals surface area contributed by atoms with Crippen molar-refractivity contribution in [1.82, 2.24) is 14.5 Å². The Morgan fingerprint density at radius 3 is 2.92 bits per heavy atom. The highest BCUT2D eigenvalue weighted by atomic mass is 19.1. The smallest absolute Gasteiger partial charge is 0.256 e. The zero-order valence-corrected chi connectivity index (χ0v) is 13.4. The summed E-state index contributed by atoms with van der Waals surface area (Å²) >= 11 is 0. The van der Waals surface area contributed by atoms with Crippen molar-refractivity contribution < 1.29 is 13.9 Å². The molecule has 1 amide bonds. The Balaban J connectivity index is 1.69. The van der Waals surface area contributed by atoms with Gasteiger partial charge in [0.05, 0.1) is 25.1 Å². The van der Waals surface area contributed by atoms with E-state index in [1.807, 2.05) is 0 Å². The van der Waals surface area contributed by atoms with Gasteiger partial charge in [-0.1, -0.05) is 12.1 Å². The number of benzene rings is 1. The molecule has 7 heteroatoms. The van der Waals surface area contributed by atoms with Crippen LogP contribution < -0.4 is 10.3 Å². The number of carbonyl (C=O) groups is 1. The largest absolute Gasteiger partial charge is 0.489 e. The molecule has 0 N–H and O–H groups in total. The molecule has 6 nitrogen and oxygen atoms in total. The molecule has 126 valence electrons. The number of hydrogen-bond acceptors (Lipinski definition) is 4. The SMILES string of the molecule is CC(=O)N1CCc2c(ncn(CCOc3ccccc3F)c2=O)C1. The minimum absolute atomic E-state index is 0.0232. The van der Waals surface area contributed by atoms with Gasteiger partial charge in [-0.2, -0.15) is 0 Å². The van der Waals surface area contributed by atoms with Crippen molar-refractivity contribution >= 4 is 5.91 Å². The van der Waals surface area contributed by atoms with E-state index in [1.54, 1.807) is 23.1 Å². The number of fused-ring (bicyclic) bond motifs is 1. The van der Waals surface area contributed by atoms with E-state index in [2.05, 4.69) is 4.98 Å². The maximum absolute atomic E-state index is 13.5. The van der Waals surface area contributed by atoms with Gasteiger partial charge >= 0.3 is 0 Å². The van der Waals surface area contributed by atoms with Crippen molar-refractivity contribution in [2.45, 2.75) is 26.4 Å². The molecule has 0 aliphatic carbocycles. The highest BCUT2D eigenvalue weighted by Crippen LogP contribution is 2.15. The first-order valence-electron chi connectivity index (χ1n) is 7.76. The fourth-order valence-corrected chi connectivity index (χ4v) is 2.70. The number of para-hydroxylation sites is 1. The molecule has 0 fully saturated rings. The first kappa shape index (κ1) is 16.2. The molecule has 0 bridgehead atoms. The molecule has 1 aliphatic rings. The molecule has 1 aliphatic heterocycles. The highest BCUT2D eigenvalue weighted by molar-refractivity contribution is 5.73. The molecule has 0 radical (unpaired) electrons. The van der Waals surface area contributed by atoms with Crippen LogP contribution in [0.1, 0.15) is 18.2 Å². The van der Waals surface area contributed by atoms with Crippen LogP contribution in [0.15, 0.2) is 35.4 Å². The monoisotopic (exact) mass is 331 g/mol. The number of amides is 1. The fourth-order valence-electron chi connectivity index (χ4n) is 2.70. The minimum Gasteiger partial charge on any atom is -0.489 e. The third kappa shape index (κ3) is 3.29. The van der Waals surface area contributed by atoms with Gasteiger partial charge in [-0.05, 0) is 18.6 Å². The second kappa shape index (κ2) is 6.82. The summed E-state index contributed by atoms with van der Waals surface area (Å²) in [4.78, 5) is 29.9. The van der Waals surface area contributed by atoms with Crippen LogP contribution in [0.3, 0.4) is 0 Å². The van der Waals surface area contributed by atoms with Crippen LogP contribution in [-0.2, 0) is 24.3 Å². The van der Waals surface area contributed by atoms with Gasteiger partial charge in [0, 0.05) is 19.0 Å². The van der Waals surface area contributed by atoms with E-state index in [-0.39, 0.29) is 30.4 Å². The zero-order chi connectivity index (χ0) is 17.1. The number of ether oxygens (including phenoxy) is 1. The Labute approximate surface area is 138 Å². The van der Waals surface area contributed by atoms with Gasteiger partial charge in [0.1, 0.15) is 6.61 Å². The van der Waals surface area contributed by atoms with Crippen LogP contribution in [0, 0.1) is 5.82 Å². The quantitative estimate of drug-likeness (QED) is 0.849. The molecular weight excluding hydrogens is 313 g/mol. The third-order valence-corrected chi connectivity index (χ3v) is 4.06. The van der Waals surface area contributed by atoms with Crippen LogP contribution in [0.2, 0.25) is 0 Å². The van der Waals surface area contributed by atoms with Gasteiger partial charge in [-0.25, -0.2) is 9.37 Å². The van der Waals surface area contributed by atoms with Gasteiger partial charge in [-0.15, -0.1) is 0 Å². The van der Waals surface area contributed by atoms with Crippen LogP contribution >= 0.6 is 0 Å². The Morgan fingerprint density at radius 2 is 2.17 bits per heavy atom. The number of rotatable bonds is 4. The van der Waals surface area contributed by atoms with E-state index in [0.717, 1.165) is 0 Å². The lowest BCUT2D eigenvalue weighted by Crippen LogP contribution is -2.39. The van der Waals surface area contributed by atoms with Crippen LogP contribution in [-0.4, -0.2) is 33.5 Å². The molecule has 1 aromatic carbocycles. The maximum atomic E-state index is 13.5. The van der Waals surface area contributed by atoms with E-state index in [0.29, 0.717) is 30.8 Å². The molecule has 1 aromatic heterocycles. The molecule has 0 saturated carbocycles. The Bertz CT molecular complexity index is 819. The summed E-state index contributed by atoms with van der Waals surface area (Å²) in [5.41, 5.74) is 1.16. The Kier molecular flexibility index (Phi) is 4.59. The Morgan fingerprint density at radius 1 is 1.38 bits per heavy atom. The normalized spacial score (nSPS) is 13.5. The summed E-state index contributed by atoms with van der Waals surface area (Å²) < 4.78 is 20.3. The van der Waals surface area contributed by atoms with Gasteiger partial charge in [0.2, 0.25) is 5.91 Å². The van der Waals surface area contributed by atoms with E-state index in [1.165, 1.54) is 23.9 Å². The topological polar surface area (TPSA) is 64.4 Å². The maximum Gasteiger partial charge on any atom is 0.256 e. The lowest BCUT2D eigenvalue weighted by molar-refractivity contribution is -0.129. The Hall–Kier alpha value is -2.70. The second-order valence-corrected chi connectivity index (χ2v) is 5.64. The number of carbonyl (C=O) groups excluding carboxylic acids is 1. The van der Waals surface area contributed by atoms with Crippen LogP contribution in [0.5, 0.6) is 5.75 Å². The zero-order valence-electron chi connectivity index (χ0n) is 13.4. The summed E-state index contributed by atoms with van der Waals surface area (Å²) in [5, 5.41) is 0. The van der Waals surface area contributed by atoms with Crippen molar-refractivity contribution in [2.24, 2.45) is 0 Å². The summed E-state index contributed by atoms with van der Waals surface area (Å²) in [6.07, 6.45) is 1.95. The molecule has 2 heterocycles. The summed E-state index contributed by atoms with van der Waals surface area (Å²) in [6.45, 7) is 2.85.